The molecule has 4 heteroatoms. The average Bonchev–Trinajstić information content (AvgIpc) is 2.97. The monoisotopic (exact) mass is 319 g/mol. The van der Waals surface area contributed by atoms with E-state index in [2.05, 4.69) is 24.4 Å². The van der Waals surface area contributed by atoms with Crippen molar-refractivity contribution in [2.24, 2.45) is 0 Å². The van der Waals surface area contributed by atoms with Gasteiger partial charge in [0.05, 0.1) is 19.3 Å². The van der Waals surface area contributed by atoms with Gasteiger partial charge in [-0.15, -0.1) is 0 Å². The Bertz CT molecular complexity index is 468. The van der Waals surface area contributed by atoms with Gasteiger partial charge >= 0.3 is 0 Å². The van der Waals surface area contributed by atoms with Gasteiger partial charge in [-0.2, -0.15) is 0 Å². The molecule has 1 N–H and O–H groups in total. The van der Waals surface area contributed by atoms with Crippen LogP contribution in [0.1, 0.15) is 51.0 Å². The van der Waals surface area contributed by atoms with Crippen LogP contribution in [0.5, 0.6) is 5.75 Å². The number of ether oxygens (including phenoxy) is 3. The van der Waals surface area contributed by atoms with Gasteiger partial charge in [-0.1, -0.05) is 25.5 Å². The lowest BCUT2D eigenvalue weighted by Gasteiger charge is -2.31. The average molecular weight is 319 g/mol. The number of benzene rings is 1. The van der Waals surface area contributed by atoms with Crippen LogP contribution in [0.25, 0.3) is 0 Å². The minimum absolute atomic E-state index is 0.181. The van der Waals surface area contributed by atoms with E-state index in [0.717, 1.165) is 51.3 Å². The molecule has 1 saturated carbocycles. The fourth-order valence-corrected chi connectivity index (χ4v) is 3.37. The summed E-state index contributed by atoms with van der Waals surface area (Å²) in [6.07, 6.45) is 7.11. The smallest absolute Gasteiger partial charge is 0.168 e. The Hall–Kier alpha value is -1.10. The maximum Gasteiger partial charge on any atom is 0.168 e. The summed E-state index contributed by atoms with van der Waals surface area (Å²) in [5.41, 5.74) is 1.26. The largest absolute Gasteiger partial charge is 0.494 e. The SMILES string of the molecule is CCCOc1ccc(CNC[C@@H]2COC3(CCCCC3)O2)cc1. The Morgan fingerprint density at radius 1 is 1.17 bits per heavy atom. The number of nitrogens with one attached hydrogen (secondary N) is 1. The summed E-state index contributed by atoms with van der Waals surface area (Å²) in [5.74, 6) is 0.686. The normalized spacial score (nSPS) is 23.3. The molecule has 1 atom stereocenters. The molecule has 4 nitrogen and oxygen atoms in total. The molecule has 2 aliphatic rings. The zero-order chi connectivity index (χ0) is 16.0. The third kappa shape index (κ3) is 4.69. The molecule has 2 fully saturated rings. The molecule has 0 bridgehead atoms. The van der Waals surface area contributed by atoms with Crippen LogP contribution < -0.4 is 10.1 Å². The maximum atomic E-state index is 6.19. The van der Waals surface area contributed by atoms with Gasteiger partial charge in [-0.25, -0.2) is 0 Å². The van der Waals surface area contributed by atoms with Crippen LogP contribution >= 0.6 is 0 Å². The van der Waals surface area contributed by atoms with Gasteiger partial charge < -0.3 is 19.5 Å². The van der Waals surface area contributed by atoms with Gasteiger partial charge in [0.25, 0.3) is 0 Å². The Labute approximate surface area is 139 Å². The molecule has 1 aromatic carbocycles. The van der Waals surface area contributed by atoms with Crippen LogP contribution in [0.3, 0.4) is 0 Å². The van der Waals surface area contributed by atoms with E-state index in [9.17, 15) is 0 Å². The van der Waals surface area contributed by atoms with Crippen molar-refractivity contribution in [3.05, 3.63) is 29.8 Å². The van der Waals surface area contributed by atoms with E-state index in [1.165, 1.54) is 24.8 Å². The van der Waals surface area contributed by atoms with Crippen LogP contribution in [0.4, 0.5) is 0 Å². The fraction of sp³-hybridized carbons (Fsp3) is 0.684. The van der Waals surface area contributed by atoms with E-state index < -0.39 is 0 Å². The van der Waals surface area contributed by atoms with E-state index in [-0.39, 0.29) is 11.9 Å². The van der Waals surface area contributed by atoms with Gasteiger partial charge in [-0.3, -0.25) is 0 Å². The van der Waals surface area contributed by atoms with E-state index in [0.29, 0.717) is 0 Å². The lowest BCUT2D eigenvalue weighted by Crippen LogP contribution is -2.35. The van der Waals surface area contributed by atoms with Crippen LogP contribution in [-0.2, 0) is 16.0 Å². The Morgan fingerprint density at radius 3 is 2.70 bits per heavy atom. The predicted molar refractivity (Wildman–Crippen MR) is 90.6 cm³/mol. The molecule has 1 spiro atoms. The molecule has 1 saturated heterocycles. The molecule has 0 amide bonds. The molecule has 1 heterocycles. The second kappa shape index (κ2) is 8.13. The Kier molecular flexibility index (Phi) is 5.92. The Morgan fingerprint density at radius 2 is 1.96 bits per heavy atom. The summed E-state index contributed by atoms with van der Waals surface area (Å²) < 4.78 is 17.8. The van der Waals surface area contributed by atoms with Crippen LogP contribution in [-0.4, -0.2) is 31.6 Å². The summed E-state index contributed by atoms with van der Waals surface area (Å²) in [5, 5.41) is 3.48. The highest BCUT2D eigenvalue weighted by Crippen LogP contribution is 2.37. The molecule has 1 aliphatic carbocycles. The topological polar surface area (TPSA) is 39.7 Å². The molecule has 1 aromatic rings. The van der Waals surface area contributed by atoms with Crippen molar-refractivity contribution in [1.29, 1.82) is 0 Å². The number of hydrogen-bond acceptors (Lipinski definition) is 4. The highest BCUT2D eigenvalue weighted by atomic mass is 16.7. The maximum absolute atomic E-state index is 6.19. The summed E-state index contributed by atoms with van der Waals surface area (Å²) in [6, 6.07) is 8.32. The van der Waals surface area contributed by atoms with Crippen molar-refractivity contribution in [1.82, 2.24) is 5.32 Å². The third-order valence-electron chi connectivity index (χ3n) is 4.63. The van der Waals surface area contributed by atoms with E-state index in [1.807, 2.05) is 12.1 Å². The van der Waals surface area contributed by atoms with E-state index in [1.54, 1.807) is 0 Å². The molecule has 3 rings (SSSR count). The van der Waals surface area contributed by atoms with Crippen LogP contribution in [0.2, 0.25) is 0 Å². The Balaban J connectivity index is 1.38. The third-order valence-corrected chi connectivity index (χ3v) is 4.63. The standard InChI is InChI=1S/C19H29NO3/c1-2-12-21-17-8-6-16(7-9-17)13-20-14-18-15-22-19(23-18)10-4-3-5-11-19/h6-9,18,20H,2-5,10-15H2,1H3/t18-/m1/s1. The summed E-state index contributed by atoms with van der Waals surface area (Å²) in [4.78, 5) is 0. The van der Waals surface area contributed by atoms with Gasteiger partial charge in [0.1, 0.15) is 5.75 Å². The number of rotatable bonds is 7. The fourth-order valence-electron chi connectivity index (χ4n) is 3.37. The molecular formula is C19H29NO3. The minimum atomic E-state index is -0.261. The zero-order valence-corrected chi connectivity index (χ0v) is 14.2. The second-order valence-electron chi connectivity index (χ2n) is 6.65. The molecule has 1 aliphatic heterocycles. The first-order chi connectivity index (χ1) is 11.3. The van der Waals surface area contributed by atoms with Crippen molar-refractivity contribution in [2.45, 2.75) is 63.9 Å². The van der Waals surface area contributed by atoms with Crippen LogP contribution in [0.15, 0.2) is 24.3 Å². The minimum Gasteiger partial charge on any atom is -0.494 e. The van der Waals surface area contributed by atoms with Gasteiger partial charge in [0.2, 0.25) is 0 Å². The van der Waals surface area contributed by atoms with Crippen molar-refractivity contribution < 1.29 is 14.2 Å². The lowest BCUT2D eigenvalue weighted by atomic mass is 9.94. The van der Waals surface area contributed by atoms with Gasteiger partial charge in [0.15, 0.2) is 5.79 Å². The summed E-state index contributed by atoms with van der Waals surface area (Å²) in [7, 11) is 0. The van der Waals surface area contributed by atoms with Crippen molar-refractivity contribution in [3.63, 3.8) is 0 Å². The molecule has 0 radical (unpaired) electrons. The quantitative estimate of drug-likeness (QED) is 0.833. The summed E-state index contributed by atoms with van der Waals surface area (Å²) in [6.45, 7) is 5.30. The highest BCUT2D eigenvalue weighted by molar-refractivity contribution is 5.27. The van der Waals surface area contributed by atoms with E-state index in [4.69, 9.17) is 14.2 Å². The van der Waals surface area contributed by atoms with Crippen molar-refractivity contribution in [3.8, 4) is 5.75 Å². The first kappa shape index (κ1) is 16.7. The van der Waals surface area contributed by atoms with E-state index >= 15 is 0 Å². The lowest BCUT2D eigenvalue weighted by molar-refractivity contribution is -0.186. The molecule has 23 heavy (non-hydrogen) atoms. The molecule has 128 valence electrons. The first-order valence-corrected chi connectivity index (χ1v) is 9.04. The molecular weight excluding hydrogens is 290 g/mol. The number of hydrogen-bond donors (Lipinski definition) is 1. The molecule has 0 unspecified atom stereocenters. The highest BCUT2D eigenvalue weighted by Gasteiger charge is 2.41. The van der Waals surface area contributed by atoms with Crippen molar-refractivity contribution in [2.75, 3.05) is 19.8 Å². The first-order valence-electron chi connectivity index (χ1n) is 9.04. The van der Waals surface area contributed by atoms with Gasteiger partial charge in [0, 0.05) is 25.9 Å². The molecule has 0 aromatic heterocycles. The van der Waals surface area contributed by atoms with Crippen LogP contribution in [0, 0.1) is 0 Å². The predicted octanol–water partition coefficient (Wildman–Crippen LogP) is 3.64. The zero-order valence-electron chi connectivity index (χ0n) is 14.2. The van der Waals surface area contributed by atoms with Gasteiger partial charge in [-0.05, 0) is 37.0 Å². The van der Waals surface area contributed by atoms with Crippen molar-refractivity contribution >= 4 is 0 Å². The summed E-state index contributed by atoms with van der Waals surface area (Å²) >= 11 is 0. The second-order valence-corrected chi connectivity index (χ2v) is 6.65.